The van der Waals surface area contributed by atoms with Gasteiger partial charge < -0.3 is 14.4 Å². The van der Waals surface area contributed by atoms with Crippen LogP contribution in [0.25, 0.3) is 0 Å². The van der Waals surface area contributed by atoms with Crippen LogP contribution in [-0.4, -0.2) is 45.9 Å². The van der Waals surface area contributed by atoms with E-state index in [9.17, 15) is 9.59 Å². The van der Waals surface area contributed by atoms with E-state index in [0.29, 0.717) is 31.7 Å². The van der Waals surface area contributed by atoms with Crippen LogP contribution in [0.1, 0.15) is 23.3 Å². The van der Waals surface area contributed by atoms with E-state index in [1.54, 1.807) is 12.4 Å². The average molecular weight is 324 g/mol. The summed E-state index contributed by atoms with van der Waals surface area (Å²) in [6.45, 7) is 2.01. The molecule has 2 amide bonds. The second-order valence-corrected chi connectivity index (χ2v) is 6.85. The maximum atomic E-state index is 12.7. The molecule has 0 aromatic carbocycles. The quantitative estimate of drug-likeness (QED) is 0.845. The Bertz CT molecular complexity index is 785. The highest BCUT2D eigenvalue weighted by Gasteiger charge is 2.49. The number of hydrogen-bond donors (Lipinski definition) is 0. The van der Waals surface area contributed by atoms with E-state index in [4.69, 9.17) is 0 Å². The summed E-state index contributed by atoms with van der Waals surface area (Å²) < 4.78 is 1.84. The number of aryl methyl sites for hydroxylation is 1. The second-order valence-electron chi connectivity index (χ2n) is 6.85. The van der Waals surface area contributed by atoms with Crippen LogP contribution in [-0.2, 0) is 11.8 Å². The van der Waals surface area contributed by atoms with E-state index in [2.05, 4.69) is 4.98 Å². The topological polar surface area (TPSA) is 58.4 Å². The standard InChI is InChI=1S/C18H20N4O2/c1-20-8-3-5-15(20)17(24)21-9-6-18(12-21)10-16(23)22(13-18)14-4-2-7-19-11-14/h2-5,7-8,11H,6,9-10,12-13H2,1H3/t18-/m1/s1. The number of aromatic nitrogens is 2. The van der Waals surface area contributed by atoms with E-state index < -0.39 is 0 Å². The number of likely N-dealkylation sites (tertiary alicyclic amines) is 1. The monoisotopic (exact) mass is 324 g/mol. The summed E-state index contributed by atoms with van der Waals surface area (Å²) in [5, 5.41) is 0. The summed E-state index contributed by atoms with van der Waals surface area (Å²) in [5.41, 5.74) is 1.40. The van der Waals surface area contributed by atoms with Gasteiger partial charge in [0.1, 0.15) is 5.69 Å². The SMILES string of the molecule is Cn1cccc1C(=O)N1CC[C@@]2(CC(=O)N(c3cccnc3)C2)C1. The van der Waals surface area contributed by atoms with Crippen LogP contribution in [0.4, 0.5) is 5.69 Å². The number of rotatable bonds is 2. The summed E-state index contributed by atoms with van der Waals surface area (Å²) >= 11 is 0. The Kier molecular flexibility index (Phi) is 3.40. The van der Waals surface area contributed by atoms with Crippen molar-refractivity contribution >= 4 is 17.5 Å². The zero-order valence-corrected chi connectivity index (χ0v) is 13.7. The summed E-state index contributed by atoms with van der Waals surface area (Å²) in [6, 6.07) is 7.47. The number of hydrogen-bond acceptors (Lipinski definition) is 3. The maximum Gasteiger partial charge on any atom is 0.270 e. The molecule has 2 fully saturated rings. The lowest BCUT2D eigenvalue weighted by Gasteiger charge is -2.24. The molecule has 2 aliphatic heterocycles. The molecule has 2 saturated heterocycles. The first kappa shape index (κ1) is 14.9. The molecule has 1 atom stereocenters. The summed E-state index contributed by atoms with van der Waals surface area (Å²) in [5.74, 6) is 0.169. The minimum Gasteiger partial charge on any atom is -0.347 e. The zero-order valence-electron chi connectivity index (χ0n) is 13.7. The number of carbonyl (C=O) groups excluding carboxylic acids is 2. The van der Waals surface area contributed by atoms with Crippen molar-refractivity contribution < 1.29 is 9.59 Å². The van der Waals surface area contributed by atoms with Crippen molar-refractivity contribution in [2.75, 3.05) is 24.5 Å². The Morgan fingerprint density at radius 1 is 1.25 bits per heavy atom. The van der Waals surface area contributed by atoms with Gasteiger partial charge >= 0.3 is 0 Å². The number of carbonyl (C=O) groups is 2. The van der Waals surface area contributed by atoms with Crippen LogP contribution in [0.5, 0.6) is 0 Å². The van der Waals surface area contributed by atoms with Crippen LogP contribution >= 0.6 is 0 Å². The van der Waals surface area contributed by atoms with E-state index >= 15 is 0 Å². The molecule has 6 heteroatoms. The Morgan fingerprint density at radius 2 is 2.12 bits per heavy atom. The third-order valence-electron chi connectivity index (χ3n) is 5.17. The van der Waals surface area contributed by atoms with Gasteiger partial charge in [-0.05, 0) is 30.7 Å². The third kappa shape index (κ3) is 2.38. The minimum absolute atomic E-state index is 0.0478. The van der Waals surface area contributed by atoms with E-state index in [1.165, 1.54) is 0 Å². The predicted molar refractivity (Wildman–Crippen MR) is 89.6 cm³/mol. The lowest BCUT2D eigenvalue weighted by atomic mass is 9.86. The largest absolute Gasteiger partial charge is 0.347 e. The average Bonchev–Trinajstić information content (AvgIpc) is 3.28. The molecule has 4 rings (SSSR count). The first-order chi connectivity index (χ1) is 11.6. The van der Waals surface area contributed by atoms with Gasteiger partial charge in [0.25, 0.3) is 5.91 Å². The fourth-order valence-corrected chi connectivity index (χ4v) is 3.87. The van der Waals surface area contributed by atoms with Crippen LogP contribution in [0.3, 0.4) is 0 Å². The molecular formula is C18H20N4O2. The van der Waals surface area contributed by atoms with E-state index in [0.717, 1.165) is 12.1 Å². The van der Waals surface area contributed by atoms with Gasteiger partial charge in [0.05, 0.1) is 11.9 Å². The molecule has 2 aromatic rings. The first-order valence-electron chi connectivity index (χ1n) is 8.19. The molecule has 2 aliphatic rings. The van der Waals surface area contributed by atoms with Crippen molar-refractivity contribution in [3.8, 4) is 0 Å². The number of amides is 2. The predicted octanol–water partition coefficient (Wildman–Crippen LogP) is 1.69. The molecule has 0 N–H and O–H groups in total. The zero-order chi connectivity index (χ0) is 16.7. The second kappa shape index (κ2) is 5.47. The third-order valence-corrected chi connectivity index (χ3v) is 5.17. The molecule has 124 valence electrons. The van der Waals surface area contributed by atoms with Gasteiger partial charge in [0.15, 0.2) is 0 Å². The van der Waals surface area contributed by atoms with Gasteiger partial charge in [0, 0.05) is 50.9 Å². The molecule has 6 nitrogen and oxygen atoms in total. The normalized spacial score (nSPS) is 23.5. The molecule has 4 heterocycles. The molecule has 24 heavy (non-hydrogen) atoms. The molecule has 0 unspecified atom stereocenters. The van der Waals surface area contributed by atoms with Gasteiger partial charge in [-0.1, -0.05) is 0 Å². The lowest BCUT2D eigenvalue weighted by Crippen LogP contribution is -2.34. The van der Waals surface area contributed by atoms with Crippen LogP contribution in [0.15, 0.2) is 42.9 Å². The highest BCUT2D eigenvalue weighted by atomic mass is 16.2. The van der Waals surface area contributed by atoms with Gasteiger partial charge in [-0.25, -0.2) is 0 Å². The van der Waals surface area contributed by atoms with Crippen molar-refractivity contribution in [3.05, 3.63) is 48.5 Å². The Labute approximate surface area is 140 Å². The Balaban J connectivity index is 1.51. The Hall–Kier alpha value is -2.63. The van der Waals surface area contributed by atoms with Crippen molar-refractivity contribution in [1.29, 1.82) is 0 Å². The van der Waals surface area contributed by atoms with Crippen molar-refractivity contribution in [3.63, 3.8) is 0 Å². The minimum atomic E-state index is -0.131. The number of nitrogens with zero attached hydrogens (tertiary/aromatic N) is 4. The number of anilines is 1. The molecular weight excluding hydrogens is 304 g/mol. The van der Waals surface area contributed by atoms with Gasteiger partial charge in [-0.3, -0.25) is 14.6 Å². The molecule has 0 bridgehead atoms. The molecule has 2 aromatic heterocycles. The summed E-state index contributed by atoms with van der Waals surface area (Å²) in [6.07, 6.45) is 6.67. The first-order valence-corrected chi connectivity index (χ1v) is 8.19. The maximum absolute atomic E-state index is 12.7. The van der Waals surface area contributed by atoms with Gasteiger partial charge in [-0.15, -0.1) is 0 Å². The fraction of sp³-hybridized carbons (Fsp3) is 0.389. The van der Waals surface area contributed by atoms with E-state index in [-0.39, 0.29) is 17.2 Å². The van der Waals surface area contributed by atoms with Crippen molar-refractivity contribution in [1.82, 2.24) is 14.5 Å². The Morgan fingerprint density at radius 3 is 2.83 bits per heavy atom. The number of pyridine rings is 1. The van der Waals surface area contributed by atoms with Crippen molar-refractivity contribution in [2.45, 2.75) is 12.8 Å². The van der Waals surface area contributed by atoms with Gasteiger partial charge in [0.2, 0.25) is 5.91 Å². The van der Waals surface area contributed by atoms with Crippen molar-refractivity contribution in [2.24, 2.45) is 12.5 Å². The highest BCUT2D eigenvalue weighted by Crippen LogP contribution is 2.42. The molecule has 1 spiro atoms. The molecule has 0 aliphatic carbocycles. The smallest absolute Gasteiger partial charge is 0.270 e. The fourth-order valence-electron chi connectivity index (χ4n) is 3.87. The summed E-state index contributed by atoms with van der Waals surface area (Å²) in [7, 11) is 1.88. The van der Waals surface area contributed by atoms with E-state index in [1.807, 2.05) is 51.9 Å². The van der Waals surface area contributed by atoms with Crippen LogP contribution in [0, 0.1) is 5.41 Å². The van der Waals surface area contributed by atoms with Gasteiger partial charge in [-0.2, -0.15) is 0 Å². The molecule has 0 radical (unpaired) electrons. The molecule has 0 saturated carbocycles. The summed E-state index contributed by atoms with van der Waals surface area (Å²) in [4.78, 5) is 33.0. The lowest BCUT2D eigenvalue weighted by molar-refractivity contribution is -0.117. The van der Waals surface area contributed by atoms with Crippen LogP contribution < -0.4 is 4.90 Å². The van der Waals surface area contributed by atoms with Crippen LogP contribution in [0.2, 0.25) is 0 Å². The highest BCUT2D eigenvalue weighted by molar-refractivity contribution is 5.97.